The van der Waals surface area contributed by atoms with Gasteiger partial charge in [0.1, 0.15) is 5.75 Å². The van der Waals surface area contributed by atoms with Crippen LogP contribution in [0.15, 0.2) is 48.7 Å². The summed E-state index contributed by atoms with van der Waals surface area (Å²) in [4.78, 5) is 15.7. The fraction of sp³-hybridized carbons (Fsp3) is 0.0625. The van der Waals surface area contributed by atoms with Gasteiger partial charge in [0.05, 0.1) is 23.2 Å². The molecule has 0 aliphatic rings. The summed E-state index contributed by atoms with van der Waals surface area (Å²) in [7, 11) is 1.55. The highest BCUT2D eigenvalue weighted by Crippen LogP contribution is 2.28. The van der Waals surface area contributed by atoms with Crippen molar-refractivity contribution in [2.45, 2.75) is 0 Å². The van der Waals surface area contributed by atoms with Gasteiger partial charge in [0.25, 0.3) is 0 Å². The number of carbonyl (C=O) groups is 1. The standard InChI is InChI=1S/C16H12ClNO2/c1-20-14-8-3-2-5-11(14)16(19)12-9-18-15-10(12)6-4-7-13(15)17/h2-9,18H,1H3. The molecule has 1 N–H and O–H groups in total. The van der Waals surface area contributed by atoms with Crippen molar-refractivity contribution in [1.29, 1.82) is 0 Å². The molecule has 100 valence electrons. The van der Waals surface area contributed by atoms with Gasteiger partial charge in [-0.15, -0.1) is 0 Å². The van der Waals surface area contributed by atoms with Gasteiger partial charge in [0.15, 0.2) is 5.78 Å². The molecule has 0 amide bonds. The van der Waals surface area contributed by atoms with Crippen LogP contribution in [0.25, 0.3) is 10.9 Å². The first-order valence-electron chi connectivity index (χ1n) is 6.15. The summed E-state index contributed by atoms with van der Waals surface area (Å²) in [5, 5.41) is 1.41. The Morgan fingerprint density at radius 2 is 1.90 bits per heavy atom. The number of hydrogen-bond donors (Lipinski definition) is 1. The number of ether oxygens (including phenoxy) is 1. The van der Waals surface area contributed by atoms with Crippen LogP contribution in [0, 0.1) is 0 Å². The van der Waals surface area contributed by atoms with Crippen molar-refractivity contribution in [3.8, 4) is 5.75 Å². The highest BCUT2D eigenvalue weighted by atomic mass is 35.5. The molecule has 0 saturated heterocycles. The molecule has 0 atom stereocenters. The SMILES string of the molecule is COc1ccccc1C(=O)c1c[nH]c2c(Cl)cccc12. The molecule has 0 bridgehead atoms. The molecule has 3 nitrogen and oxygen atoms in total. The van der Waals surface area contributed by atoms with Crippen LogP contribution in [0.4, 0.5) is 0 Å². The number of fused-ring (bicyclic) bond motifs is 1. The number of hydrogen-bond acceptors (Lipinski definition) is 2. The number of benzene rings is 2. The average molecular weight is 286 g/mol. The second-order valence-corrected chi connectivity index (χ2v) is 4.80. The van der Waals surface area contributed by atoms with Crippen molar-refractivity contribution in [2.24, 2.45) is 0 Å². The third-order valence-corrected chi connectivity index (χ3v) is 3.58. The van der Waals surface area contributed by atoms with E-state index in [-0.39, 0.29) is 5.78 Å². The number of nitrogens with one attached hydrogen (secondary N) is 1. The van der Waals surface area contributed by atoms with Gasteiger partial charge in [0.2, 0.25) is 0 Å². The summed E-state index contributed by atoms with van der Waals surface area (Å²) in [5.41, 5.74) is 1.90. The fourth-order valence-electron chi connectivity index (χ4n) is 2.28. The molecule has 2 aromatic carbocycles. The number of ketones is 1. The van der Waals surface area contributed by atoms with Crippen molar-refractivity contribution >= 4 is 28.3 Å². The van der Waals surface area contributed by atoms with Crippen LogP contribution in [0.3, 0.4) is 0 Å². The normalized spacial score (nSPS) is 10.7. The fourth-order valence-corrected chi connectivity index (χ4v) is 2.51. The Labute approximate surface area is 121 Å². The molecule has 0 radical (unpaired) electrons. The van der Waals surface area contributed by atoms with Crippen LogP contribution in [0.5, 0.6) is 5.75 Å². The van der Waals surface area contributed by atoms with Crippen LogP contribution < -0.4 is 4.74 Å². The number of halogens is 1. The molecule has 0 fully saturated rings. The first-order chi connectivity index (χ1) is 9.72. The Kier molecular flexibility index (Phi) is 3.20. The number of aromatic amines is 1. The maximum Gasteiger partial charge on any atom is 0.198 e. The van der Waals surface area contributed by atoms with Crippen molar-refractivity contribution < 1.29 is 9.53 Å². The lowest BCUT2D eigenvalue weighted by Crippen LogP contribution is -2.03. The lowest BCUT2D eigenvalue weighted by Gasteiger charge is -2.06. The molecular formula is C16H12ClNO2. The molecule has 0 saturated carbocycles. The summed E-state index contributed by atoms with van der Waals surface area (Å²) in [6, 6.07) is 12.7. The Balaban J connectivity index is 2.16. The lowest BCUT2D eigenvalue weighted by atomic mass is 10.0. The second-order valence-electron chi connectivity index (χ2n) is 4.39. The molecule has 1 aromatic heterocycles. The van der Waals surface area contributed by atoms with E-state index in [4.69, 9.17) is 16.3 Å². The maximum atomic E-state index is 12.7. The van der Waals surface area contributed by atoms with Gasteiger partial charge in [-0.2, -0.15) is 0 Å². The molecule has 3 rings (SSSR count). The third-order valence-electron chi connectivity index (χ3n) is 3.26. The lowest BCUT2D eigenvalue weighted by molar-refractivity contribution is 0.103. The van der Waals surface area contributed by atoms with Crippen LogP contribution in [-0.4, -0.2) is 17.9 Å². The molecule has 20 heavy (non-hydrogen) atoms. The van der Waals surface area contributed by atoms with Crippen molar-refractivity contribution in [3.63, 3.8) is 0 Å². The van der Waals surface area contributed by atoms with Gasteiger partial charge in [-0.3, -0.25) is 4.79 Å². The minimum absolute atomic E-state index is 0.0871. The average Bonchev–Trinajstić information content (AvgIpc) is 2.92. The minimum Gasteiger partial charge on any atom is -0.496 e. The monoisotopic (exact) mass is 285 g/mol. The molecule has 1 heterocycles. The zero-order valence-electron chi connectivity index (χ0n) is 10.8. The molecular weight excluding hydrogens is 274 g/mol. The highest BCUT2D eigenvalue weighted by molar-refractivity contribution is 6.35. The maximum absolute atomic E-state index is 12.7. The van der Waals surface area contributed by atoms with E-state index in [1.165, 1.54) is 0 Å². The largest absolute Gasteiger partial charge is 0.496 e. The summed E-state index contributed by atoms with van der Waals surface area (Å²) in [6.45, 7) is 0. The summed E-state index contributed by atoms with van der Waals surface area (Å²) >= 11 is 6.11. The Morgan fingerprint density at radius 3 is 2.70 bits per heavy atom. The van der Waals surface area contributed by atoms with Gasteiger partial charge in [-0.25, -0.2) is 0 Å². The first kappa shape index (κ1) is 12.8. The smallest absolute Gasteiger partial charge is 0.198 e. The summed E-state index contributed by atoms with van der Waals surface area (Å²) in [6.07, 6.45) is 1.69. The van der Waals surface area contributed by atoms with Crippen LogP contribution >= 0.6 is 11.6 Å². The predicted octanol–water partition coefficient (Wildman–Crippen LogP) is 4.06. The van der Waals surface area contributed by atoms with Crippen LogP contribution in [0.2, 0.25) is 5.02 Å². The Hall–Kier alpha value is -2.26. The highest BCUT2D eigenvalue weighted by Gasteiger charge is 2.18. The zero-order chi connectivity index (χ0) is 14.1. The van der Waals surface area contributed by atoms with Crippen molar-refractivity contribution in [3.05, 3.63) is 64.8 Å². The second kappa shape index (κ2) is 5.02. The van der Waals surface area contributed by atoms with E-state index in [1.54, 1.807) is 31.5 Å². The number of carbonyl (C=O) groups excluding carboxylic acids is 1. The van der Waals surface area contributed by atoms with E-state index in [2.05, 4.69) is 4.98 Å². The molecule has 4 heteroatoms. The number of H-pyrrole nitrogens is 1. The van der Waals surface area contributed by atoms with E-state index in [0.717, 1.165) is 10.9 Å². The number of rotatable bonds is 3. The topological polar surface area (TPSA) is 42.1 Å². The van der Waals surface area contributed by atoms with Gasteiger partial charge in [-0.05, 0) is 18.2 Å². The van der Waals surface area contributed by atoms with E-state index < -0.39 is 0 Å². The summed E-state index contributed by atoms with van der Waals surface area (Å²) in [5.74, 6) is 0.477. The molecule has 3 aromatic rings. The molecule has 0 spiro atoms. The number of methoxy groups -OCH3 is 1. The first-order valence-corrected chi connectivity index (χ1v) is 6.53. The summed E-state index contributed by atoms with van der Waals surface area (Å²) < 4.78 is 5.24. The van der Waals surface area contributed by atoms with Gasteiger partial charge in [-0.1, -0.05) is 35.9 Å². The Bertz CT molecular complexity index is 792. The zero-order valence-corrected chi connectivity index (χ0v) is 11.6. The van der Waals surface area contributed by atoms with Crippen molar-refractivity contribution in [1.82, 2.24) is 4.98 Å². The van der Waals surface area contributed by atoms with Crippen LogP contribution in [-0.2, 0) is 0 Å². The third kappa shape index (κ3) is 1.96. The number of para-hydroxylation sites is 2. The number of aromatic nitrogens is 1. The predicted molar refractivity (Wildman–Crippen MR) is 79.7 cm³/mol. The van der Waals surface area contributed by atoms with E-state index in [9.17, 15) is 4.79 Å². The Morgan fingerprint density at radius 1 is 1.10 bits per heavy atom. The van der Waals surface area contributed by atoms with E-state index in [1.807, 2.05) is 24.3 Å². The van der Waals surface area contributed by atoms with Crippen molar-refractivity contribution in [2.75, 3.05) is 7.11 Å². The molecule has 0 aliphatic heterocycles. The molecule has 0 unspecified atom stereocenters. The molecule has 0 aliphatic carbocycles. The van der Waals surface area contributed by atoms with Gasteiger partial charge >= 0.3 is 0 Å². The van der Waals surface area contributed by atoms with Gasteiger partial charge < -0.3 is 9.72 Å². The van der Waals surface area contributed by atoms with E-state index >= 15 is 0 Å². The van der Waals surface area contributed by atoms with E-state index in [0.29, 0.717) is 21.9 Å². The minimum atomic E-state index is -0.0871. The van der Waals surface area contributed by atoms with Crippen LogP contribution in [0.1, 0.15) is 15.9 Å². The van der Waals surface area contributed by atoms with Gasteiger partial charge in [0, 0.05) is 17.1 Å². The quantitative estimate of drug-likeness (QED) is 0.737.